The molecule has 0 bridgehead atoms. The van der Waals surface area contributed by atoms with Gasteiger partial charge in [0.1, 0.15) is 0 Å². The molecule has 0 amide bonds. The molecule has 7 heteroatoms. The van der Waals surface area contributed by atoms with Crippen LogP contribution >= 0.6 is 11.6 Å². The Kier molecular flexibility index (Phi) is 3.23. The summed E-state index contributed by atoms with van der Waals surface area (Å²) in [7, 11) is 0. The molecule has 0 aliphatic carbocycles. The normalized spacial score (nSPS) is 10.6. The van der Waals surface area contributed by atoms with Crippen LogP contribution in [0, 0.1) is 13.8 Å². The van der Waals surface area contributed by atoms with Crippen LogP contribution in [0.5, 0.6) is 6.01 Å². The van der Waals surface area contributed by atoms with Gasteiger partial charge < -0.3 is 4.74 Å². The molecule has 0 radical (unpaired) electrons. The highest BCUT2D eigenvalue weighted by Gasteiger charge is 2.10. The van der Waals surface area contributed by atoms with E-state index in [4.69, 9.17) is 16.3 Å². The first-order chi connectivity index (χ1) is 8.10. The molecule has 17 heavy (non-hydrogen) atoms. The summed E-state index contributed by atoms with van der Waals surface area (Å²) in [5, 5.41) is 4.36. The Labute approximate surface area is 104 Å². The average molecular weight is 254 g/mol. The number of halogens is 1. The van der Waals surface area contributed by atoms with E-state index in [9.17, 15) is 0 Å². The number of rotatable bonds is 3. The Bertz CT molecular complexity index is 539. The van der Waals surface area contributed by atoms with Crippen molar-refractivity contribution in [2.45, 2.75) is 20.8 Å². The predicted molar refractivity (Wildman–Crippen MR) is 62.6 cm³/mol. The molecule has 6 nitrogen and oxygen atoms in total. The summed E-state index contributed by atoms with van der Waals surface area (Å²) in [6, 6.07) is 2.13. The molecule has 2 heterocycles. The first kappa shape index (κ1) is 11.8. The second-order valence-corrected chi connectivity index (χ2v) is 3.80. The first-order valence-corrected chi connectivity index (χ1v) is 5.56. The Morgan fingerprint density at radius 1 is 1.29 bits per heavy atom. The molecule has 90 valence electrons. The third kappa shape index (κ3) is 2.52. The van der Waals surface area contributed by atoms with Gasteiger partial charge in [-0.1, -0.05) is 0 Å². The highest BCUT2D eigenvalue weighted by atomic mass is 35.5. The zero-order valence-corrected chi connectivity index (χ0v) is 10.6. The van der Waals surface area contributed by atoms with Gasteiger partial charge in [-0.25, -0.2) is 4.68 Å². The zero-order chi connectivity index (χ0) is 12.4. The van der Waals surface area contributed by atoms with Gasteiger partial charge in [-0.15, -0.1) is 0 Å². The van der Waals surface area contributed by atoms with Crippen molar-refractivity contribution in [2.75, 3.05) is 6.61 Å². The van der Waals surface area contributed by atoms with Gasteiger partial charge in [0.15, 0.2) is 0 Å². The van der Waals surface area contributed by atoms with Gasteiger partial charge in [-0.2, -0.15) is 20.1 Å². The van der Waals surface area contributed by atoms with Crippen molar-refractivity contribution < 1.29 is 4.74 Å². The molecule has 0 aromatic carbocycles. The lowest BCUT2D eigenvalue weighted by Crippen LogP contribution is -2.08. The van der Waals surface area contributed by atoms with Crippen LogP contribution in [0.1, 0.15) is 18.3 Å². The summed E-state index contributed by atoms with van der Waals surface area (Å²) in [5.74, 6) is 0.360. The van der Waals surface area contributed by atoms with Gasteiger partial charge >= 0.3 is 6.01 Å². The summed E-state index contributed by atoms with van der Waals surface area (Å²) in [5.41, 5.74) is 1.81. The van der Waals surface area contributed by atoms with E-state index < -0.39 is 0 Å². The highest BCUT2D eigenvalue weighted by molar-refractivity contribution is 6.28. The molecule has 0 N–H and O–H groups in total. The molecule has 0 saturated carbocycles. The van der Waals surface area contributed by atoms with E-state index >= 15 is 0 Å². The van der Waals surface area contributed by atoms with Gasteiger partial charge in [0.05, 0.1) is 12.3 Å². The van der Waals surface area contributed by atoms with E-state index in [2.05, 4.69) is 20.1 Å². The van der Waals surface area contributed by atoms with Crippen LogP contribution in [-0.2, 0) is 0 Å². The van der Waals surface area contributed by atoms with Crippen LogP contribution in [0.25, 0.3) is 5.95 Å². The fraction of sp³-hybridized carbons (Fsp3) is 0.400. The van der Waals surface area contributed by atoms with E-state index in [0.29, 0.717) is 12.6 Å². The summed E-state index contributed by atoms with van der Waals surface area (Å²) in [4.78, 5) is 12.0. The third-order valence-electron chi connectivity index (χ3n) is 2.05. The molecule has 0 fully saturated rings. The average Bonchev–Trinajstić information content (AvgIpc) is 2.57. The topological polar surface area (TPSA) is 65.7 Å². The lowest BCUT2D eigenvalue weighted by Gasteiger charge is -2.05. The van der Waals surface area contributed by atoms with Gasteiger partial charge in [0.2, 0.25) is 5.28 Å². The van der Waals surface area contributed by atoms with Gasteiger partial charge in [-0.3, -0.25) is 0 Å². The van der Waals surface area contributed by atoms with Crippen LogP contribution < -0.4 is 4.74 Å². The summed E-state index contributed by atoms with van der Waals surface area (Å²) in [6.07, 6.45) is 0. The molecule has 2 aromatic heterocycles. The van der Waals surface area contributed by atoms with Crippen molar-refractivity contribution in [3.05, 3.63) is 22.7 Å². The van der Waals surface area contributed by atoms with Crippen LogP contribution in [0.4, 0.5) is 0 Å². The SMILES string of the molecule is CCOc1nc(Cl)nc(-n2nc(C)cc2C)n1. The monoisotopic (exact) mass is 253 g/mol. The van der Waals surface area contributed by atoms with Gasteiger partial charge in [0, 0.05) is 5.69 Å². The van der Waals surface area contributed by atoms with Crippen molar-refractivity contribution >= 4 is 11.6 Å². The summed E-state index contributed by atoms with van der Waals surface area (Å²) in [6.45, 7) is 6.13. The molecular formula is C10H12ClN5O. The van der Waals surface area contributed by atoms with E-state index in [0.717, 1.165) is 11.4 Å². The van der Waals surface area contributed by atoms with E-state index in [1.165, 1.54) is 0 Å². The molecule has 0 aliphatic rings. The Morgan fingerprint density at radius 2 is 2.06 bits per heavy atom. The fourth-order valence-electron chi connectivity index (χ4n) is 1.44. The Hall–Kier alpha value is -1.69. The minimum atomic E-state index is 0.0889. The van der Waals surface area contributed by atoms with Crippen molar-refractivity contribution in [3.63, 3.8) is 0 Å². The maximum Gasteiger partial charge on any atom is 0.322 e. The minimum Gasteiger partial charge on any atom is -0.464 e. The molecule has 2 rings (SSSR count). The second-order valence-electron chi connectivity index (χ2n) is 3.46. The molecule has 0 aliphatic heterocycles. The number of hydrogen-bond acceptors (Lipinski definition) is 5. The van der Waals surface area contributed by atoms with Gasteiger partial charge in [0.25, 0.3) is 5.95 Å². The number of ether oxygens (including phenoxy) is 1. The predicted octanol–water partition coefficient (Wildman–Crippen LogP) is 1.73. The maximum atomic E-state index is 5.81. The largest absolute Gasteiger partial charge is 0.464 e. The molecule has 0 unspecified atom stereocenters. The number of hydrogen-bond donors (Lipinski definition) is 0. The fourth-order valence-corrected chi connectivity index (χ4v) is 1.59. The lowest BCUT2D eigenvalue weighted by molar-refractivity contribution is 0.310. The van der Waals surface area contributed by atoms with Crippen molar-refractivity contribution in [2.24, 2.45) is 0 Å². The first-order valence-electron chi connectivity index (χ1n) is 5.18. The maximum absolute atomic E-state index is 5.81. The van der Waals surface area contributed by atoms with Crippen LogP contribution in [0.15, 0.2) is 6.07 Å². The minimum absolute atomic E-state index is 0.0889. The zero-order valence-electron chi connectivity index (χ0n) is 9.81. The quantitative estimate of drug-likeness (QED) is 0.833. The summed E-state index contributed by atoms with van der Waals surface area (Å²) < 4.78 is 6.81. The van der Waals surface area contributed by atoms with Crippen molar-refractivity contribution in [3.8, 4) is 12.0 Å². The number of nitrogens with zero attached hydrogens (tertiary/aromatic N) is 5. The van der Waals surface area contributed by atoms with Crippen molar-refractivity contribution in [1.29, 1.82) is 0 Å². The Morgan fingerprint density at radius 3 is 2.65 bits per heavy atom. The lowest BCUT2D eigenvalue weighted by atomic mass is 10.4. The highest BCUT2D eigenvalue weighted by Crippen LogP contribution is 2.13. The molecule has 0 atom stereocenters. The summed E-state index contributed by atoms with van der Waals surface area (Å²) >= 11 is 5.81. The molecule has 0 saturated heterocycles. The van der Waals surface area contributed by atoms with Crippen molar-refractivity contribution in [1.82, 2.24) is 24.7 Å². The molecule has 2 aromatic rings. The number of aryl methyl sites for hydroxylation is 2. The third-order valence-corrected chi connectivity index (χ3v) is 2.22. The molecular weight excluding hydrogens is 242 g/mol. The smallest absolute Gasteiger partial charge is 0.322 e. The second kappa shape index (κ2) is 4.67. The molecule has 0 spiro atoms. The number of aromatic nitrogens is 5. The van der Waals surface area contributed by atoms with Crippen LogP contribution in [-0.4, -0.2) is 31.3 Å². The van der Waals surface area contributed by atoms with Gasteiger partial charge in [-0.05, 0) is 38.4 Å². The standard InChI is InChI=1S/C10H12ClN5O/c1-4-17-10-13-8(11)12-9(14-10)16-7(3)5-6(2)15-16/h5H,4H2,1-3H3. The van der Waals surface area contributed by atoms with E-state index in [1.54, 1.807) is 4.68 Å². The van der Waals surface area contributed by atoms with Crippen LogP contribution in [0.3, 0.4) is 0 Å². The van der Waals surface area contributed by atoms with E-state index in [-0.39, 0.29) is 11.3 Å². The van der Waals surface area contributed by atoms with E-state index in [1.807, 2.05) is 26.8 Å². The van der Waals surface area contributed by atoms with Crippen LogP contribution in [0.2, 0.25) is 5.28 Å². The Balaban J connectivity index is 2.48.